The fourth-order valence-corrected chi connectivity index (χ4v) is 1.95. The molecule has 0 amide bonds. The van der Waals surface area contributed by atoms with E-state index < -0.39 is 0 Å². The molecule has 0 radical (unpaired) electrons. The summed E-state index contributed by atoms with van der Waals surface area (Å²) in [6.07, 6.45) is -0.0826. The van der Waals surface area contributed by atoms with E-state index in [1.165, 1.54) is 6.07 Å². The molecule has 0 spiro atoms. The first kappa shape index (κ1) is 24.3. The number of hydrogen-bond donors (Lipinski definition) is 1. The summed E-state index contributed by atoms with van der Waals surface area (Å²) in [7, 11) is 0. The first-order chi connectivity index (χ1) is 12.6. The number of ether oxygens (including phenoxy) is 1. The highest BCUT2D eigenvalue weighted by atomic mass is 35.5. The first-order valence-corrected chi connectivity index (χ1v) is 8.73. The molecular weight excluding hydrogens is 364 g/mol. The number of aromatic nitrogens is 2. The summed E-state index contributed by atoms with van der Waals surface area (Å²) in [5.74, 6) is 0.520. The molecule has 27 heavy (non-hydrogen) atoms. The molecule has 2 aromatic rings. The highest BCUT2D eigenvalue weighted by Gasteiger charge is 2.02. The lowest BCUT2D eigenvalue weighted by Crippen LogP contribution is -2.07. The van der Waals surface area contributed by atoms with Crippen molar-refractivity contribution in [1.29, 1.82) is 10.5 Å². The van der Waals surface area contributed by atoms with Crippen molar-refractivity contribution in [2.45, 2.75) is 53.8 Å². The third-order valence-corrected chi connectivity index (χ3v) is 2.66. The molecule has 2 aromatic heterocycles. The van der Waals surface area contributed by atoms with Crippen molar-refractivity contribution < 1.29 is 9.84 Å². The van der Waals surface area contributed by atoms with Crippen LogP contribution < -0.4 is 4.74 Å². The summed E-state index contributed by atoms with van der Waals surface area (Å²) in [5.41, 5.74) is 2.71. The molecular formula is C20H25ClN4O2. The molecule has 6 nitrogen and oxygen atoms in total. The van der Waals surface area contributed by atoms with Crippen LogP contribution in [0.5, 0.6) is 5.88 Å². The van der Waals surface area contributed by atoms with Crippen LogP contribution in [-0.4, -0.2) is 27.3 Å². The minimum Gasteiger partial charge on any atom is -0.475 e. The van der Waals surface area contributed by atoms with E-state index in [1.807, 2.05) is 26.8 Å². The second-order valence-electron chi connectivity index (χ2n) is 6.14. The number of nitriles is 2. The third kappa shape index (κ3) is 12.3. The molecule has 0 aliphatic carbocycles. The van der Waals surface area contributed by atoms with Crippen molar-refractivity contribution in [3.8, 4) is 18.0 Å². The Bertz CT molecular complexity index is 786. The van der Waals surface area contributed by atoms with Gasteiger partial charge >= 0.3 is 0 Å². The molecule has 1 N–H and O–H groups in total. The molecule has 0 bridgehead atoms. The number of hydrogen-bond acceptors (Lipinski definition) is 6. The molecule has 2 heterocycles. The molecule has 0 aliphatic heterocycles. The molecule has 2 rings (SSSR count). The van der Waals surface area contributed by atoms with Gasteiger partial charge in [-0.25, -0.2) is 9.97 Å². The van der Waals surface area contributed by atoms with Gasteiger partial charge in [0.05, 0.1) is 29.4 Å². The maximum absolute atomic E-state index is 8.69. The monoisotopic (exact) mass is 388 g/mol. The lowest BCUT2D eigenvalue weighted by atomic mass is 10.2. The Balaban J connectivity index is 0.000000428. The molecule has 0 saturated carbocycles. The number of halogens is 1. The van der Waals surface area contributed by atoms with Crippen LogP contribution in [-0.2, 0) is 0 Å². The fraction of sp³-hybridized carbons (Fsp3) is 0.400. The molecule has 0 saturated heterocycles. The molecule has 0 atom stereocenters. The Hall–Kier alpha value is -2.67. The summed E-state index contributed by atoms with van der Waals surface area (Å²) in [4.78, 5) is 8.05. The van der Waals surface area contributed by atoms with Gasteiger partial charge in [0.2, 0.25) is 5.88 Å². The minimum atomic E-state index is -0.167. The molecule has 0 fully saturated rings. The Morgan fingerprint density at radius 3 is 1.78 bits per heavy atom. The lowest BCUT2D eigenvalue weighted by molar-refractivity contribution is 0.216. The number of nitrogens with zero attached hydrogens (tertiary/aromatic N) is 4. The number of aliphatic hydroxyl groups excluding tert-OH is 1. The van der Waals surface area contributed by atoms with Crippen molar-refractivity contribution in [2.75, 3.05) is 0 Å². The van der Waals surface area contributed by atoms with Gasteiger partial charge in [-0.2, -0.15) is 10.5 Å². The molecule has 0 aromatic carbocycles. The van der Waals surface area contributed by atoms with Crippen LogP contribution in [0.15, 0.2) is 24.3 Å². The lowest BCUT2D eigenvalue weighted by Gasteiger charge is -2.08. The van der Waals surface area contributed by atoms with Gasteiger partial charge in [0.15, 0.2) is 0 Å². The van der Waals surface area contributed by atoms with Crippen molar-refractivity contribution in [3.05, 3.63) is 51.9 Å². The van der Waals surface area contributed by atoms with Crippen molar-refractivity contribution in [3.63, 3.8) is 0 Å². The van der Waals surface area contributed by atoms with Gasteiger partial charge in [-0.1, -0.05) is 11.6 Å². The zero-order valence-electron chi connectivity index (χ0n) is 16.5. The SMILES string of the molecule is CC(C)O.Cc1cc(C#N)cc(Cl)n1.Cc1cc(C#N)cc(OC(C)C)n1. The topological polar surface area (TPSA) is 103 Å². The van der Waals surface area contributed by atoms with Crippen LogP contribution in [0.1, 0.15) is 50.2 Å². The Kier molecular flexibility index (Phi) is 11.4. The fourth-order valence-electron chi connectivity index (χ4n) is 1.70. The van der Waals surface area contributed by atoms with Crippen LogP contribution in [0.3, 0.4) is 0 Å². The second-order valence-corrected chi connectivity index (χ2v) is 6.53. The highest BCUT2D eigenvalue weighted by molar-refractivity contribution is 6.29. The summed E-state index contributed by atoms with van der Waals surface area (Å²) in [6, 6.07) is 10.6. The van der Waals surface area contributed by atoms with Gasteiger partial charge in [0.1, 0.15) is 5.15 Å². The first-order valence-electron chi connectivity index (χ1n) is 8.35. The Labute approximate surface area is 166 Å². The van der Waals surface area contributed by atoms with E-state index in [0.717, 1.165) is 11.4 Å². The zero-order valence-corrected chi connectivity index (χ0v) is 17.2. The number of pyridine rings is 2. The van der Waals surface area contributed by atoms with E-state index in [0.29, 0.717) is 22.2 Å². The van der Waals surface area contributed by atoms with E-state index in [1.54, 1.807) is 39.0 Å². The highest BCUT2D eigenvalue weighted by Crippen LogP contribution is 2.12. The van der Waals surface area contributed by atoms with E-state index in [2.05, 4.69) is 16.0 Å². The van der Waals surface area contributed by atoms with Gasteiger partial charge in [-0.3, -0.25) is 0 Å². The van der Waals surface area contributed by atoms with Gasteiger partial charge < -0.3 is 9.84 Å². The van der Waals surface area contributed by atoms with E-state index in [-0.39, 0.29) is 12.2 Å². The third-order valence-electron chi connectivity index (χ3n) is 2.47. The van der Waals surface area contributed by atoms with Crippen LogP contribution in [0.4, 0.5) is 0 Å². The van der Waals surface area contributed by atoms with Gasteiger partial charge in [-0.15, -0.1) is 0 Å². The second kappa shape index (κ2) is 12.6. The summed E-state index contributed by atoms with van der Waals surface area (Å²) < 4.78 is 5.38. The summed E-state index contributed by atoms with van der Waals surface area (Å²) >= 11 is 5.57. The number of aliphatic hydroxyl groups is 1. The average molecular weight is 389 g/mol. The average Bonchev–Trinajstić information content (AvgIpc) is 2.52. The standard InChI is InChI=1S/C10H12N2O.C7H5ClN2.C3H8O/c1-7(2)13-10-5-9(6-11)4-8(3)12-10;1-5-2-6(4-9)3-7(8)10-5;1-3(2)4/h4-5,7H,1-3H3;2-3H,1H3;3-4H,1-2H3. The maximum Gasteiger partial charge on any atom is 0.215 e. The predicted molar refractivity (Wildman–Crippen MR) is 106 cm³/mol. The van der Waals surface area contributed by atoms with E-state index >= 15 is 0 Å². The molecule has 144 valence electrons. The van der Waals surface area contributed by atoms with Crippen molar-refractivity contribution >= 4 is 11.6 Å². The van der Waals surface area contributed by atoms with E-state index in [9.17, 15) is 0 Å². The van der Waals surface area contributed by atoms with Crippen LogP contribution in [0.2, 0.25) is 5.15 Å². The zero-order chi connectivity index (χ0) is 21.0. The summed E-state index contributed by atoms with van der Waals surface area (Å²) in [6.45, 7) is 10.9. The summed E-state index contributed by atoms with van der Waals surface area (Å²) in [5, 5.41) is 25.6. The number of aryl methyl sites for hydroxylation is 2. The molecule has 7 heteroatoms. The maximum atomic E-state index is 8.69. The quantitative estimate of drug-likeness (QED) is 0.767. The predicted octanol–water partition coefficient (Wildman–Crippen LogP) is 4.35. The minimum absolute atomic E-state index is 0.0841. The van der Waals surface area contributed by atoms with Gasteiger partial charge in [-0.05, 0) is 59.7 Å². The van der Waals surface area contributed by atoms with E-state index in [4.69, 9.17) is 32.0 Å². The van der Waals surface area contributed by atoms with Gasteiger partial charge in [0, 0.05) is 23.6 Å². The molecule has 0 aliphatic rings. The normalized spacial score (nSPS) is 9.33. The van der Waals surface area contributed by atoms with Crippen LogP contribution in [0, 0.1) is 36.5 Å². The smallest absolute Gasteiger partial charge is 0.215 e. The van der Waals surface area contributed by atoms with Crippen LogP contribution >= 0.6 is 11.6 Å². The van der Waals surface area contributed by atoms with Crippen molar-refractivity contribution in [2.24, 2.45) is 0 Å². The Morgan fingerprint density at radius 1 is 0.926 bits per heavy atom. The van der Waals surface area contributed by atoms with Gasteiger partial charge in [0.25, 0.3) is 0 Å². The largest absolute Gasteiger partial charge is 0.475 e. The molecule has 0 unspecified atom stereocenters. The Morgan fingerprint density at radius 2 is 1.37 bits per heavy atom. The number of rotatable bonds is 2. The van der Waals surface area contributed by atoms with Crippen molar-refractivity contribution in [1.82, 2.24) is 9.97 Å². The van der Waals surface area contributed by atoms with Crippen LogP contribution in [0.25, 0.3) is 0 Å².